The minimum atomic E-state index is -4.01. The van der Waals surface area contributed by atoms with Gasteiger partial charge in [-0.3, -0.25) is 0 Å². The van der Waals surface area contributed by atoms with Crippen LogP contribution < -0.4 is 10.1 Å². The molecule has 7 atom stereocenters. The van der Waals surface area contributed by atoms with E-state index in [4.69, 9.17) is 71.1 Å². The van der Waals surface area contributed by atoms with Crippen molar-refractivity contribution in [3.63, 3.8) is 0 Å². The van der Waals surface area contributed by atoms with Gasteiger partial charge in [-0.25, -0.2) is 17.2 Å². The van der Waals surface area contributed by atoms with Gasteiger partial charge in [-0.05, 0) is 111 Å². The summed E-state index contributed by atoms with van der Waals surface area (Å²) in [6.07, 6.45) is 5.97. The van der Waals surface area contributed by atoms with Gasteiger partial charge in [-0.15, -0.1) is 0 Å². The number of methoxy groups -OCH3 is 2. The molecule has 0 radical (unpaired) electrons. The normalized spacial score (nSPS) is 13.4. The predicted octanol–water partition coefficient (Wildman–Crippen LogP) is 8.13. The molecule has 0 fully saturated rings. The summed E-state index contributed by atoms with van der Waals surface area (Å²) in [6.45, 7) is 39.5. The number of aliphatic hydroxyl groups is 15. The van der Waals surface area contributed by atoms with Gasteiger partial charge in [0.2, 0.25) is 0 Å². The van der Waals surface area contributed by atoms with E-state index in [1.807, 2.05) is 99.5 Å². The molecule has 0 aliphatic carbocycles. The lowest BCUT2D eigenvalue weighted by Gasteiger charge is -2.35. The minimum Gasteiger partial charge on any atom is -0.748 e. The Labute approximate surface area is 851 Å². The molecule has 3 aromatic carbocycles. The van der Waals surface area contributed by atoms with E-state index in [-0.39, 0.29) is 90.6 Å². The average Bonchev–Trinajstić information content (AvgIpc) is 0.845. The van der Waals surface area contributed by atoms with Gasteiger partial charge in [0.1, 0.15) is 115 Å². The van der Waals surface area contributed by atoms with Gasteiger partial charge in [0.15, 0.2) is 0 Å². The summed E-state index contributed by atoms with van der Waals surface area (Å²) in [6, 6.07) is 30.2. The highest BCUT2D eigenvalue weighted by Gasteiger charge is 2.40. The molecule has 0 bridgehead atoms. The zero-order chi connectivity index (χ0) is 111. The molecule has 0 heterocycles. The summed E-state index contributed by atoms with van der Waals surface area (Å²) in [5, 5.41) is 137. The summed E-state index contributed by atoms with van der Waals surface area (Å²) in [5.41, 5.74) is 1.38. The van der Waals surface area contributed by atoms with E-state index in [1.54, 1.807) is 48.7 Å². The number of rotatable bonds is 52. The van der Waals surface area contributed by atoms with Gasteiger partial charge >= 0.3 is 12.3 Å². The fraction of sp³-hybridized carbons (Fsp3) is 0.824. The van der Waals surface area contributed by atoms with Crippen LogP contribution in [0.1, 0.15) is 153 Å². The third-order valence-electron chi connectivity index (χ3n) is 18.8. The highest BCUT2D eigenvalue weighted by atomic mass is 32.2. The topological polar surface area (TPSA) is 400 Å². The lowest BCUT2D eigenvalue weighted by Crippen LogP contribution is -2.56. The number of nitrogens with zero attached hydrogens (tertiary/aromatic N) is 9. The minimum absolute atomic E-state index is 0.0865. The van der Waals surface area contributed by atoms with Gasteiger partial charge in [0.05, 0.1) is 268 Å². The van der Waals surface area contributed by atoms with Crippen molar-refractivity contribution >= 4 is 21.9 Å². The van der Waals surface area contributed by atoms with Crippen molar-refractivity contribution < 1.29 is 162 Å². The molecule has 0 amide bonds. The van der Waals surface area contributed by atoms with E-state index < -0.39 is 52.9 Å². The second-order valence-corrected chi connectivity index (χ2v) is 43.7. The number of alkyl halides is 4. The Balaban J connectivity index is -0.000000126. The van der Waals surface area contributed by atoms with Gasteiger partial charge in [-0.1, -0.05) is 134 Å². The van der Waals surface area contributed by atoms with Gasteiger partial charge in [-0.2, -0.15) is 20.5 Å². The standard InChI is InChI=1S/2C13H22NO2.2C8H20NO3.C8H10O.C7H17NO4.5C6H16N.C5H12S.C4H6F4O.C3H8O3S.C3H8O2/c2*1-12(16)10-14(2,8-9-15)11-13-6-4-3-5-7-13;2*1-8(12)7-9(2,3-5-10)4-6-11;1-2-9-8-6-4-3-5-7-8;1-6(12)2-8-7(3-9,4-10)5-11;5*1-5-6-7(2,3)4;1-3-4-5-6-2;1-9-2-4(7,8)3(5)6;1-2-3-7(4,5)6;1-5-3-2-4/h2*3-7,12,15-16H,8-11H2,1-2H3;2*8,10-12H,3-7H2,1-2H3;3-7H,2H2,1H3;6,8-12H,2-5H2,1H3;5*5-6H2,1-4H3;3-5H2,1-2H3;3H,2H2,1H3;2-3H2,1H3,(H,4,5,6);4H,2-3H2,1H3/q4*+1;;;5*+1;;;;/p-1. The van der Waals surface area contributed by atoms with Crippen LogP contribution in [0.15, 0.2) is 91.0 Å². The molecule has 0 aliphatic heterocycles. The first-order chi connectivity index (χ1) is 63.9. The van der Waals surface area contributed by atoms with Crippen molar-refractivity contribution in [2.45, 2.75) is 203 Å². The van der Waals surface area contributed by atoms with E-state index in [0.717, 1.165) is 55.0 Å². The number of aliphatic hydroxyl groups excluding tert-OH is 15. The van der Waals surface area contributed by atoms with Gasteiger partial charge in [0, 0.05) is 37.6 Å². The molecule has 0 aromatic heterocycles. The molecule has 3 aromatic rings. The Morgan fingerprint density at radius 2 is 0.655 bits per heavy atom. The Bertz CT molecular complexity index is 2860. The first-order valence-electron chi connectivity index (χ1n) is 49.3. The van der Waals surface area contributed by atoms with Gasteiger partial charge in [0.25, 0.3) is 0 Å². The number of para-hydroxylation sites is 1. The Morgan fingerprint density at radius 1 is 0.388 bits per heavy atom. The molecule has 139 heavy (non-hydrogen) atoms. The van der Waals surface area contributed by atoms with Gasteiger partial charge < -0.3 is 141 Å². The fourth-order valence-corrected chi connectivity index (χ4v) is 13.8. The molecule has 0 aliphatic rings. The third kappa shape index (κ3) is 136. The molecule has 16 N–H and O–H groups in total. The summed E-state index contributed by atoms with van der Waals surface area (Å²) in [7, 11) is 39.7. The Morgan fingerprint density at radius 3 is 0.799 bits per heavy atom. The number of benzene rings is 3. The third-order valence-corrected chi connectivity index (χ3v) is 20.4. The SMILES string of the molecule is CC(O)CNC(CO)(CO)CO.CC(O)C[N+](C)(CCO)CCO.CC(O)C[N+](C)(CCO)CCO.CC(O)C[N+](C)(CCO)Cc1ccccc1.CC(O)C[N+](C)(CCO)Cc1ccccc1.CCCCSC.CCCS(=O)(=O)[O-].CCC[N+](C)(C)C.CCC[N+](C)(C)C.CCC[N+](C)(C)C.CCC[N+](C)(C)C.CCC[N+](C)(C)C.CCOc1ccccc1.COCC(F)(F)C(F)F.COCCO. The van der Waals surface area contributed by atoms with E-state index in [1.165, 1.54) is 94.5 Å². The number of unbranched alkanes of at least 4 members (excludes halogenated alkanes) is 1. The van der Waals surface area contributed by atoms with E-state index in [2.05, 4.69) is 207 Å². The van der Waals surface area contributed by atoms with Crippen LogP contribution in [0.5, 0.6) is 5.75 Å². The summed E-state index contributed by atoms with van der Waals surface area (Å²) < 4.78 is 96.0. The lowest BCUT2D eigenvalue weighted by atomic mass is 10.0. The molecular formula is C102H224F4N10O21S2+8. The molecule has 7 unspecified atom stereocenters. The molecule has 0 saturated heterocycles. The maximum absolute atomic E-state index is 11.7. The molecule has 0 saturated carbocycles. The first kappa shape index (κ1) is 161. The summed E-state index contributed by atoms with van der Waals surface area (Å²) in [4.78, 5) is 0. The van der Waals surface area contributed by atoms with Crippen LogP contribution in [-0.4, -0.2) is 535 Å². The van der Waals surface area contributed by atoms with Crippen molar-refractivity contribution in [2.24, 2.45) is 0 Å². The molecule has 3 rings (SSSR count). The van der Waals surface area contributed by atoms with E-state index in [0.29, 0.717) is 96.4 Å². The first-order valence-corrected chi connectivity index (χ1v) is 52.3. The number of likely N-dealkylation sites (N-methyl/N-ethyl adjacent to an activating group) is 4. The molecule has 37 heteroatoms. The summed E-state index contributed by atoms with van der Waals surface area (Å²) in [5.74, 6) is -1.97. The molecule has 840 valence electrons. The number of thioether (sulfide) groups is 1. The number of quaternary nitrogens is 9. The Hall–Kier alpha value is -3.64. The molecule has 0 spiro atoms. The second kappa shape index (κ2) is 97.7. The monoisotopic (exact) mass is 2070 g/mol. The maximum atomic E-state index is 11.7. The predicted molar refractivity (Wildman–Crippen MR) is 570 cm³/mol. The Kier molecular flexibility index (Phi) is 113. The smallest absolute Gasteiger partial charge is 0.330 e. The number of hydrogen-bond acceptors (Lipinski definition) is 23. The highest BCUT2D eigenvalue weighted by molar-refractivity contribution is 7.98. The van der Waals surface area contributed by atoms with Crippen LogP contribution in [0.3, 0.4) is 0 Å². The largest absolute Gasteiger partial charge is 0.748 e. The number of β-amino-alcohol motifs (C(OH)–C–C–N with tert-alkyl or cyclic N) is 1. The van der Waals surface area contributed by atoms with Crippen molar-refractivity contribution in [3.05, 3.63) is 102 Å². The van der Waals surface area contributed by atoms with Crippen LogP contribution in [0, 0.1) is 0 Å². The fourth-order valence-electron chi connectivity index (χ4n) is 12.7. The zero-order valence-corrected chi connectivity index (χ0v) is 96.3. The van der Waals surface area contributed by atoms with E-state index in [9.17, 15) is 40.7 Å². The summed E-state index contributed by atoms with van der Waals surface area (Å²) >= 11 is 1.93. The highest BCUT2D eigenvalue weighted by Crippen LogP contribution is 2.22. The molecular weight excluding hydrogens is 1840 g/mol. The zero-order valence-electron chi connectivity index (χ0n) is 94.6. The van der Waals surface area contributed by atoms with Crippen LogP contribution >= 0.6 is 11.8 Å². The van der Waals surface area contributed by atoms with Crippen molar-refractivity contribution in [1.82, 2.24) is 5.32 Å². The lowest BCUT2D eigenvalue weighted by molar-refractivity contribution is -0.925. The van der Waals surface area contributed by atoms with Crippen LogP contribution in [-0.2, 0) is 32.7 Å². The van der Waals surface area contributed by atoms with Crippen LogP contribution in [0.4, 0.5) is 17.6 Å². The second-order valence-electron chi connectivity index (χ2n) is 41.2. The number of nitrogens with one attached hydrogen (secondary N) is 1. The maximum Gasteiger partial charge on any atom is 0.330 e. The number of halogens is 4. The van der Waals surface area contributed by atoms with Crippen molar-refractivity contribution in [2.75, 3.05) is 356 Å². The van der Waals surface area contributed by atoms with E-state index >= 15 is 0 Å². The molecule has 31 nitrogen and oxygen atoms in total. The number of ether oxygens (including phenoxy) is 3. The van der Waals surface area contributed by atoms with Crippen LogP contribution in [0.2, 0.25) is 0 Å². The van der Waals surface area contributed by atoms with Crippen molar-refractivity contribution in [1.29, 1.82) is 0 Å². The average molecular weight is 2070 g/mol. The van der Waals surface area contributed by atoms with Crippen LogP contribution in [0.25, 0.3) is 0 Å². The van der Waals surface area contributed by atoms with Crippen molar-refractivity contribution in [3.8, 4) is 5.75 Å². The number of hydrogen-bond donors (Lipinski definition) is 16. The quantitative estimate of drug-likeness (QED) is 0.0110.